The summed E-state index contributed by atoms with van der Waals surface area (Å²) in [5.41, 5.74) is 11.0. The van der Waals surface area contributed by atoms with Crippen LogP contribution in [-0.2, 0) is 0 Å². The number of furan rings is 1. The molecule has 0 fully saturated rings. The van der Waals surface area contributed by atoms with Gasteiger partial charge < -0.3 is 9.40 Å². The van der Waals surface area contributed by atoms with Gasteiger partial charge in [0.2, 0.25) is 0 Å². The monoisotopic (exact) mass is 1620 g/mol. The quantitative estimate of drug-likeness (QED) is 0.118. The van der Waals surface area contributed by atoms with Crippen molar-refractivity contribution in [2.45, 2.75) is 0 Å². The molecule has 596 valence electrons. The molecule has 0 aliphatic carbocycles. The Morgan fingerprint density at radius 1 is 0.208 bits per heavy atom. The minimum absolute atomic E-state index is 0.949. The van der Waals surface area contributed by atoms with Gasteiger partial charge in [0.05, 0.1) is 55.9 Å². The Morgan fingerprint density at radius 2 is 0.560 bits per heavy atom. The average molecular weight is 1630 g/mol. The molecule has 1 N–H and O–H groups in total. The number of fused-ring (bicyclic) bond motifs is 13. The van der Waals surface area contributed by atoms with E-state index in [0.29, 0.717) is 0 Å². The topological polar surface area (TPSA) is 119 Å². The molecule has 0 aliphatic rings. The first kappa shape index (κ1) is 80.9. The number of aromatic amines is 1. The zero-order valence-electron chi connectivity index (χ0n) is 68.4. The molecular weight excluding hydrogens is 1540 g/mol. The van der Waals surface area contributed by atoms with Gasteiger partial charge in [-0.05, 0) is 213 Å². The molecule has 19 aromatic carbocycles. The van der Waals surface area contributed by atoms with E-state index < -0.39 is 0 Å². The highest BCUT2D eigenvalue weighted by Gasteiger charge is 2.07. The second-order valence-corrected chi connectivity index (χ2v) is 30.2. The zero-order chi connectivity index (χ0) is 84.2. The molecule has 9 nitrogen and oxygen atoms in total. The van der Waals surface area contributed by atoms with Crippen LogP contribution in [0.25, 0.3) is 173 Å². The zero-order valence-corrected chi connectivity index (χ0v) is 69.2. The van der Waals surface area contributed by atoms with Crippen LogP contribution in [0.4, 0.5) is 0 Å². The lowest BCUT2D eigenvalue weighted by atomic mass is 9.95. The maximum Gasteiger partial charge on any atom is 0.133 e. The molecule has 8 heterocycles. The van der Waals surface area contributed by atoms with Crippen molar-refractivity contribution in [1.29, 1.82) is 0 Å². The summed E-state index contributed by atoms with van der Waals surface area (Å²) in [7, 11) is 0. The molecule has 0 aliphatic heterocycles. The molecule has 125 heavy (non-hydrogen) atoms. The van der Waals surface area contributed by atoms with Gasteiger partial charge in [-0.2, -0.15) is 0 Å². The highest BCUT2D eigenvalue weighted by atomic mass is 32.1. The van der Waals surface area contributed by atoms with E-state index in [-0.39, 0.29) is 0 Å². The van der Waals surface area contributed by atoms with Crippen LogP contribution in [0.3, 0.4) is 0 Å². The highest BCUT2D eigenvalue weighted by molar-refractivity contribution is 7.17. The molecule has 10 heteroatoms. The van der Waals surface area contributed by atoms with E-state index in [1.807, 2.05) is 219 Å². The van der Waals surface area contributed by atoms with Crippen LogP contribution >= 0.6 is 11.3 Å². The van der Waals surface area contributed by atoms with Gasteiger partial charge in [0.25, 0.3) is 0 Å². The molecule has 0 saturated carbocycles. The summed E-state index contributed by atoms with van der Waals surface area (Å²) in [6, 6.07) is 155. The predicted octanol–water partition coefficient (Wildman–Crippen LogP) is 31.2. The number of thiophene rings is 1. The average Bonchev–Trinajstić information content (AvgIpc) is 1.70. The molecule has 0 spiro atoms. The van der Waals surface area contributed by atoms with Gasteiger partial charge in [0, 0.05) is 68.9 Å². The van der Waals surface area contributed by atoms with E-state index in [1.54, 1.807) is 30.0 Å². The van der Waals surface area contributed by atoms with Crippen LogP contribution in [0.2, 0.25) is 0 Å². The normalized spacial score (nSPS) is 10.6. The highest BCUT2D eigenvalue weighted by Crippen LogP contribution is 2.34. The minimum atomic E-state index is 0.949. The van der Waals surface area contributed by atoms with Crippen LogP contribution in [-0.4, -0.2) is 39.9 Å². The Morgan fingerprint density at radius 3 is 1.03 bits per heavy atom. The lowest BCUT2D eigenvalue weighted by Gasteiger charge is -2.09. The van der Waals surface area contributed by atoms with Crippen molar-refractivity contribution in [2.75, 3.05) is 0 Å². The van der Waals surface area contributed by atoms with Crippen molar-refractivity contribution in [3.05, 3.63) is 504 Å². The molecule has 0 bridgehead atoms. The molecule has 27 rings (SSSR count). The lowest BCUT2D eigenvalue weighted by Crippen LogP contribution is -1.85. The first-order valence-corrected chi connectivity index (χ1v) is 42.3. The summed E-state index contributed by atoms with van der Waals surface area (Å²) in [4.78, 5) is 33.2. The van der Waals surface area contributed by atoms with Gasteiger partial charge in [-0.15, -0.1) is 11.3 Å². The van der Waals surface area contributed by atoms with Gasteiger partial charge in [-0.25, -0.2) is 15.0 Å². The standard InChI is InChI=1S/C16H10.C14H10.C13H9N.C12H8N2.C10H8.2C9H7N.C8H6N2.C8H7N.C8H6O.C8H6S/c1-3-11-7-9-13-5-2-6-14-10-8-12(4-1)15(11)16(13)14;1-2-6-12-10-14-8-4-3-7-13(14)9-11(12)5-1;1-3-7-12-10(5-1)9-11-6-2-4-8-13(11)14-12;1-2-6-10-9(5-1)13-11-7-3-4-8-12(11)14-10;1-2-6-10-8-4-3-7-9(10)5-1;1-2-6-9-8(4-1)5-3-7-10-9;1-2-4-9-7-10-6-5-8(9)3-1;1-2-4-8-7(3-1)9-5-6-10-8;3*1-2-4-8-7(3-1)5-6-9-8/h1-10H;1-10H;1-9H;1-8H;1-8H;2*1-7H;1-6H;1-6,9H;2*1-6H. The van der Waals surface area contributed by atoms with Crippen LogP contribution in [0, 0.1) is 0 Å². The molecule has 0 unspecified atom stereocenters. The van der Waals surface area contributed by atoms with E-state index in [9.17, 15) is 0 Å². The first-order chi connectivity index (χ1) is 62.0. The van der Waals surface area contributed by atoms with E-state index in [0.717, 1.165) is 60.6 Å². The van der Waals surface area contributed by atoms with Crippen LogP contribution in [0.1, 0.15) is 0 Å². The summed E-state index contributed by atoms with van der Waals surface area (Å²) >= 11 is 1.79. The summed E-state index contributed by atoms with van der Waals surface area (Å²) in [6.07, 6.45) is 12.5. The molecule has 27 aromatic rings. The van der Waals surface area contributed by atoms with Crippen LogP contribution in [0.15, 0.2) is 508 Å². The third-order valence-electron chi connectivity index (χ3n) is 21.0. The summed E-state index contributed by atoms with van der Waals surface area (Å²) in [5.74, 6) is 0. The van der Waals surface area contributed by atoms with Crippen molar-refractivity contribution >= 4 is 185 Å². The summed E-state index contributed by atoms with van der Waals surface area (Å²) in [5, 5.41) is 28.0. The molecule has 0 saturated heterocycles. The van der Waals surface area contributed by atoms with Crippen molar-refractivity contribution < 1.29 is 4.42 Å². The largest absolute Gasteiger partial charge is 0.464 e. The molecule has 0 atom stereocenters. The number of H-pyrrole nitrogens is 1. The maximum atomic E-state index is 5.12. The molecule has 0 radical (unpaired) electrons. The lowest BCUT2D eigenvalue weighted by molar-refractivity contribution is 0.616. The maximum absolute atomic E-state index is 5.12. The van der Waals surface area contributed by atoms with Gasteiger partial charge >= 0.3 is 0 Å². The van der Waals surface area contributed by atoms with Gasteiger partial charge in [0.15, 0.2) is 0 Å². The smallest absolute Gasteiger partial charge is 0.133 e. The fraction of sp³-hybridized carbons (Fsp3) is 0. The fourth-order valence-electron chi connectivity index (χ4n) is 14.7. The third kappa shape index (κ3) is 21.0. The predicted molar refractivity (Wildman–Crippen MR) is 531 cm³/mol. The van der Waals surface area contributed by atoms with Crippen molar-refractivity contribution in [2.24, 2.45) is 0 Å². The fourth-order valence-corrected chi connectivity index (χ4v) is 15.5. The number of hydrogen-bond donors (Lipinski definition) is 1. The number of benzene rings is 19. The van der Waals surface area contributed by atoms with E-state index in [2.05, 4.69) is 306 Å². The number of nitrogens with one attached hydrogen (secondary N) is 1. The number of para-hydroxylation sites is 11. The van der Waals surface area contributed by atoms with Crippen molar-refractivity contribution in [3.63, 3.8) is 0 Å². The number of nitrogens with zero attached hydrogens (tertiary/aromatic N) is 7. The van der Waals surface area contributed by atoms with Gasteiger partial charge in [0.1, 0.15) is 5.58 Å². The van der Waals surface area contributed by atoms with E-state index in [4.69, 9.17) is 4.42 Å². The second kappa shape index (κ2) is 41.0. The Balaban J connectivity index is 0.0000000978. The molecule has 8 aromatic heterocycles. The molecule has 0 amide bonds. The third-order valence-corrected chi connectivity index (χ3v) is 21.9. The minimum Gasteiger partial charge on any atom is -0.464 e. The second-order valence-electron chi connectivity index (χ2n) is 29.2. The van der Waals surface area contributed by atoms with Crippen LogP contribution in [0.5, 0.6) is 0 Å². The Kier molecular flexibility index (Phi) is 26.5. The summed E-state index contributed by atoms with van der Waals surface area (Å²) in [6.45, 7) is 0. The van der Waals surface area contributed by atoms with E-state index >= 15 is 0 Å². The Hall–Kier alpha value is -16.5. The number of hydrogen-bond acceptors (Lipinski definition) is 9. The number of pyridine rings is 3. The first-order valence-electron chi connectivity index (χ1n) is 41.4. The number of aromatic nitrogens is 8. The molecular formula is C115H84N8OS. The van der Waals surface area contributed by atoms with Crippen molar-refractivity contribution in [3.8, 4) is 0 Å². The summed E-state index contributed by atoms with van der Waals surface area (Å²) < 4.78 is 6.49. The van der Waals surface area contributed by atoms with Gasteiger partial charge in [-0.1, -0.05) is 334 Å². The SMILES string of the molecule is c1cc2ccc3cccc4ccc(c1)c2c34.c1ccc2[nH]ccc2c1.c1ccc2cc3ccccc3cc2c1.c1ccc2ccccc2c1.c1ccc2cnccc2c1.c1ccc2nc3ccccc3cc2c1.c1ccc2nc3ccccc3nc2c1.c1ccc2ncccc2c1.c1ccc2nccnc2c1.c1ccc2occc2c1.c1ccc2sccc2c1. The van der Waals surface area contributed by atoms with Crippen LogP contribution < -0.4 is 0 Å². The Labute approximate surface area is 727 Å². The van der Waals surface area contributed by atoms with E-state index in [1.165, 1.54) is 113 Å². The van der Waals surface area contributed by atoms with Gasteiger partial charge in [-0.3, -0.25) is 19.9 Å². The van der Waals surface area contributed by atoms with Crippen molar-refractivity contribution in [1.82, 2.24) is 39.9 Å². The Bertz CT molecular complexity index is 6650. The number of rotatable bonds is 0.